The molecule has 2 rings (SSSR count). The third kappa shape index (κ3) is 1.34. The monoisotopic (exact) mass is 184 g/mol. The number of hydrogen-bond donors (Lipinski definition) is 2. The van der Waals surface area contributed by atoms with E-state index in [4.69, 9.17) is 5.11 Å². The molecule has 0 saturated carbocycles. The molecule has 2 fully saturated rings. The Kier molecular flexibility index (Phi) is 1.86. The number of carboxylic acids is 1. The maximum absolute atomic E-state index is 11.2. The summed E-state index contributed by atoms with van der Waals surface area (Å²) < 4.78 is 0. The maximum Gasteiger partial charge on any atom is 0.317 e. The second kappa shape index (κ2) is 2.90. The number of carbonyl (C=O) groups excluding carboxylic acids is 1. The lowest BCUT2D eigenvalue weighted by Crippen LogP contribution is -2.42. The zero-order valence-corrected chi connectivity index (χ0v) is 7.19. The van der Waals surface area contributed by atoms with Crippen LogP contribution >= 0.6 is 0 Å². The summed E-state index contributed by atoms with van der Waals surface area (Å²) in [6.07, 6.45) is 1.17. The number of rotatable bonds is 1. The average molecular weight is 184 g/mol. The summed E-state index contributed by atoms with van der Waals surface area (Å²) >= 11 is 0. The van der Waals surface area contributed by atoms with Crippen LogP contribution in [0.4, 0.5) is 4.79 Å². The quantitative estimate of drug-likeness (QED) is 0.596. The number of nitrogens with one attached hydrogen (secondary N) is 1. The molecule has 0 aromatic rings. The van der Waals surface area contributed by atoms with Crippen LogP contribution in [-0.2, 0) is 4.79 Å². The van der Waals surface area contributed by atoms with Gasteiger partial charge in [-0.25, -0.2) is 4.79 Å². The van der Waals surface area contributed by atoms with Crippen molar-refractivity contribution in [1.82, 2.24) is 10.2 Å². The predicted octanol–water partition coefficient (Wildman–Crippen LogP) is -0.125. The molecule has 0 aliphatic carbocycles. The lowest BCUT2D eigenvalue weighted by atomic mass is 9.92. The second-order valence-electron chi connectivity index (χ2n) is 3.59. The Morgan fingerprint density at radius 2 is 2.38 bits per heavy atom. The van der Waals surface area contributed by atoms with Crippen molar-refractivity contribution in [2.24, 2.45) is 5.92 Å². The van der Waals surface area contributed by atoms with E-state index < -0.39 is 5.97 Å². The van der Waals surface area contributed by atoms with Crippen LogP contribution in [0.5, 0.6) is 0 Å². The summed E-state index contributed by atoms with van der Waals surface area (Å²) in [5.74, 6) is -1.01. The van der Waals surface area contributed by atoms with Crippen LogP contribution in [0.15, 0.2) is 0 Å². The largest absolute Gasteiger partial charge is 0.481 e. The Labute approximate surface area is 75.7 Å². The van der Waals surface area contributed by atoms with Gasteiger partial charge in [0.1, 0.15) is 0 Å². The van der Waals surface area contributed by atoms with Crippen LogP contribution < -0.4 is 5.32 Å². The van der Waals surface area contributed by atoms with E-state index in [1.165, 1.54) is 0 Å². The first kappa shape index (κ1) is 8.34. The number of hydrogen-bond acceptors (Lipinski definition) is 2. The van der Waals surface area contributed by atoms with E-state index in [1.54, 1.807) is 4.90 Å². The number of aliphatic carboxylic acids is 1. The van der Waals surface area contributed by atoms with Crippen LogP contribution in [0.25, 0.3) is 0 Å². The van der Waals surface area contributed by atoms with Gasteiger partial charge in [-0.05, 0) is 12.8 Å². The highest BCUT2D eigenvalue weighted by atomic mass is 16.4. The molecule has 2 aliphatic heterocycles. The summed E-state index contributed by atoms with van der Waals surface area (Å²) in [6, 6.07) is 0.0520. The van der Waals surface area contributed by atoms with Gasteiger partial charge in [0, 0.05) is 13.1 Å². The lowest BCUT2D eigenvalue weighted by molar-refractivity contribution is -0.143. The van der Waals surface area contributed by atoms with Gasteiger partial charge in [0.25, 0.3) is 0 Å². The fraction of sp³-hybridized carbons (Fsp3) is 0.750. The van der Waals surface area contributed by atoms with Crippen LogP contribution in [0, 0.1) is 5.92 Å². The average Bonchev–Trinajstić information content (AvgIpc) is 2.47. The molecular weight excluding hydrogens is 172 g/mol. The van der Waals surface area contributed by atoms with Crippen molar-refractivity contribution >= 4 is 12.0 Å². The fourth-order valence-corrected chi connectivity index (χ4v) is 2.04. The normalized spacial score (nSPS) is 32.6. The first-order chi connectivity index (χ1) is 6.18. The second-order valence-corrected chi connectivity index (χ2v) is 3.59. The van der Waals surface area contributed by atoms with Gasteiger partial charge < -0.3 is 15.3 Å². The number of nitrogens with zero attached hydrogens (tertiary/aromatic N) is 1. The third-order valence-electron chi connectivity index (χ3n) is 2.81. The van der Waals surface area contributed by atoms with Gasteiger partial charge in [-0.15, -0.1) is 0 Å². The molecular formula is C8H12N2O3. The van der Waals surface area contributed by atoms with Crippen molar-refractivity contribution in [3.63, 3.8) is 0 Å². The van der Waals surface area contributed by atoms with E-state index in [-0.39, 0.29) is 18.0 Å². The number of carboxylic acid groups (broad SMARTS) is 1. The molecule has 2 unspecified atom stereocenters. The Morgan fingerprint density at radius 1 is 1.62 bits per heavy atom. The topological polar surface area (TPSA) is 69.6 Å². The van der Waals surface area contributed by atoms with Crippen molar-refractivity contribution in [2.45, 2.75) is 18.9 Å². The maximum atomic E-state index is 11.2. The highest BCUT2D eigenvalue weighted by Gasteiger charge is 2.38. The van der Waals surface area contributed by atoms with E-state index in [2.05, 4.69) is 5.32 Å². The van der Waals surface area contributed by atoms with E-state index in [9.17, 15) is 9.59 Å². The van der Waals surface area contributed by atoms with Crippen LogP contribution in [-0.4, -0.2) is 41.1 Å². The summed E-state index contributed by atoms with van der Waals surface area (Å²) in [4.78, 5) is 23.6. The summed E-state index contributed by atoms with van der Waals surface area (Å²) in [5.41, 5.74) is 0. The van der Waals surface area contributed by atoms with Crippen LogP contribution in [0.1, 0.15) is 12.8 Å². The zero-order valence-electron chi connectivity index (χ0n) is 7.19. The molecule has 2 amide bonds. The Bertz CT molecular complexity index is 254. The minimum absolute atomic E-state index is 0.0474. The highest BCUT2D eigenvalue weighted by molar-refractivity contribution is 5.78. The minimum Gasteiger partial charge on any atom is -0.481 e. The van der Waals surface area contributed by atoms with Crippen molar-refractivity contribution in [1.29, 1.82) is 0 Å². The fourth-order valence-electron chi connectivity index (χ4n) is 2.04. The molecule has 0 aromatic heterocycles. The smallest absolute Gasteiger partial charge is 0.317 e. The number of amides is 2. The minimum atomic E-state index is -0.737. The molecule has 0 bridgehead atoms. The van der Waals surface area contributed by atoms with Crippen LogP contribution in [0.2, 0.25) is 0 Å². The van der Waals surface area contributed by atoms with Crippen molar-refractivity contribution in [3.8, 4) is 0 Å². The molecule has 0 aromatic carbocycles. The molecule has 2 atom stereocenters. The van der Waals surface area contributed by atoms with Crippen molar-refractivity contribution in [3.05, 3.63) is 0 Å². The predicted molar refractivity (Wildman–Crippen MR) is 44.3 cm³/mol. The van der Waals surface area contributed by atoms with Gasteiger partial charge in [-0.2, -0.15) is 0 Å². The Morgan fingerprint density at radius 3 is 3.08 bits per heavy atom. The van der Waals surface area contributed by atoms with Gasteiger partial charge in [0.15, 0.2) is 0 Å². The van der Waals surface area contributed by atoms with Crippen molar-refractivity contribution in [2.75, 3.05) is 13.1 Å². The van der Waals surface area contributed by atoms with E-state index in [0.717, 1.165) is 0 Å². The van der Waals surface area contributed by atoms with E-state index in [0.29, 0.717) is 25.9 Å². The molecule has 5 heteroatoms. The number of carbonyl (C=O) groups is 2. The first-order valence-corrected chi connectivity index (χ1v) is 4.46. The van der Waals surface area contributed by atoms with Crippen molar-refractivity contribution < 1.29 is 14.7 Å². The molecule has 5 nitrogen and oxygen atoms in total. The zero-order chi connectivity index (χ0) is 9.42. The standard InChI is InChI=1S/C8H12N2O3/c11-7(12)5-1-2-10-6(3-5)4-9-8(10)13/h5-6H,1-4H2,(H,9,13)(H,11,12). The third-order valence-corrected chi connectivity index (χ3v) is 2.81. The summed E-state index contributed by atoms with van der Waals surface area (Å²) in [6.45, 7) is 1.18. The molecule has 72 valence electrons. The summed E-state index contributed by atoms with van der Waals surface area (Å²) in [7, 11) is 0. The molecule has 2 heterocycles. The number of piperidine rings is 1. The van der Waals surface area contributed by atoms with E-state index >= 15 is 0 Å². The number of urea groups is 1. The molecule has 2 N–H and O–H groups in total. The van der Waals surface area contributed by atoms with E-state index in [1.807, 2.05) is 0 Å². The molecule has 2 saturated heterocycles. The van der Waals surface area contributed by atoms with Gasteiger partial charge in [0.05, 0.1) is 12.0 Å². The van der Waals surface area contributed by atoms with Gasteiger partial charge in [0.2, 0.25) is 0 Å². The molecule has 0 radical (unpaired) electrons. The lowest BCUT2D eigenvalue weighted by Gasteiger charge is -2.31. The van der Waals surface area contributed by atoms with Crippen LogP contribution in [0.3, 0.4) is 0 Å². The molecule has 13 heavy (non-hydrogen) atoms. The highest BCUT2D eigenvalue weighted by Crippen LogP contribution is 2.25. The Hall–Kier alpha value is -1.26. The number of fused-ring (bicyclic) bond motifs is 1. The Balaban J connectivity index is 2.03. The SMILES string of the molecule is O=C(O)C1CCN2C(=O)NCC2C1. The molecule has 2 aliphatic rings. The van der Waals surface area contributed by atoms with Gasteiger partial charge >= 0.3 is 12.0 Å². The molecule has 0 spiro atoms. The first-order valence-electron chi connectivity index (χ1n) is 4.46. The van der Waals surface area contributed by atoms with Gasteiger partial charge in [-0.1, -0.05) is 0 Å². The van der Waals surface area contributed by atoms with Gasteiger partial charge in [-0.3, -0.25) is 4.79 Å². The summed E-state index contributed by atoms with van der Waals surface area (Å²) in [5, 5.41) is 11.5.